The van der Waals surface area contributed by atoms with Gasteiger partial charge < -0.3 is 10.2 Å². The highest BCUT2D eigenvalue weighted by molar-refractivity contribution is 5.37. The van der Waals surface area contributed by atoms with E-state index in [0.717, 1.165) is 0 Å². The van der Waals surface area contributed by atoms with Crippen LogP contribution in [0.4, 0.5) is 14.5 Å². The molecule has 0 aromatic heterocycles. The van der Waals surface area contributed by atoms with Crippen LogP contribution in [0, 0.1) is 33.1 Å². The molecule has 0 saturated carbocycles. The van der Waals surface area contributed by atoms with Crippen molar-refractivity contribution in [2.45, 2.75) is 12.2 Å². The van der Waals surface area contributed by atoms with Crippen molar-refractivity contribution in [3.63, 3.8) is 0 Å². The maximum atomic E-state index is 13.3. The summed E-state index contributed by atoms with van der Waals surface area (Å²) < 4.78 is 26.4. The van der Waals surface area contributed by atoms with Crippen LogP contribution in [-0.2, 0) is 0 Å². The van der Waals surface area contributed by atoms with Gasteiger partial charge in [-0.15, -0.1) is 0 Å². The van der Waals surface area contributed by atoms with Crippen LogP contribution in [0.25, 0.3) is 0 Å². The molecule has 0 aliphatic rings. The Labute approximate surface area is 93.5 Å². The number of nitro groups is 1. The zero-order valence-corrected chi connectivity index (χ0v) is 8.17. The lowest BCUT2D eigenvalue weighted by molar-refractivity contribution is -0.387. The second kappa shape index (κ2) is 4.82. The molecule has 0 aliphatic carbocycles. The largest absolute Gasteiger partial charge is 0.384 e. The highest BCUT2D eigenvalue weighted by Crippen LogP contribution is 2.26. The Morgan fingerprint density at radius 1 is 1.35 bits per heavy atom. The van der Waals surface area contributed by atoms with E-state index in [1.165, 1.54) is 6.07 Å². The standard InChI is InChI=1S/C9H6F2N2O4/c10-5-2-7(13(16)17)6(11)1-4(5)9(15)8(14)3-12/h1-2,8-9,14-15H. The Morgan fingerprint density at radius 2 is 1.94 bits per heavy atom. The molecule has 0 bridgehead atoms. The van der Waals surface area contributed by atoms with Gasteiger partial charge in [-0.3, -0.25) is 10.1 Å². The van der Waals surface area contributed by atoms with Crippen molar-refractivity contribution >= 4 is 5.69 Å². The van der Waals surface area contributed by atoms with Gasteiger partial charge >= 0.3 is 5.69 Å². The molecular weight excluding hydrogens is 238 g/mol. The first kappa shape index (κ1) is 13.0. The van der Waals surface area contributed by atoms with Crippen molar-refractivity contribution in [2.75, 3.05) is 0 Å². The topological polar surface area (TPSA) is 107 Å². The van der Waals surface area contributed by atoms with E-state index < -0.39 is 40.0 Å². The smallest absolute Gasteiger partial charge is 0.307 e. The highest BCUT2D eigenvalue weighted by Gasteiger charge is 2.26. The number of halogens is 2. The first-order chi connectivity index (χ1) is 7.88. The molecule has 0 radical (unpaired) electrons. The van der Waals surface area contributed by atoms with Crippen molar-refractivity contribution < 1.29 is 23.9 Å². The van der Waals surface area contributed by atoms with Gasteiger partial charge in [0.2, 0.25) is 5.82 Å². The molecular formula is C9H6F2N2O4. The second-order valence-corrected chi connectivity index (χ2v) is 3.10. The van der Waals surface area contributed by atoms with E-state index in [1.54, 1.807) is 0 Å². The predicted octanol–water partition coefficient (Wildman–Crippen LogP) is 0.791. The Morgan fingerprint density at radius 3 is 2.41 bits per heavy atom. The molecule has 17 heavy (non-hydrogen) atoms. The van der Waals surface area contributed by atoms with Gasteiger partial charge in [-0.1, -0.05) is 0 Å². The van der Waals surface area contributed by atoms with E-state index in [4.69, 9.17) is 10.4 Å². The van der Waals surface area contributed by atoms with Crippen LogP contribution >= 0.6 is 0 Å². The number of aliphatic hydroxyl groups is 2. The number of aliphatic hydroxyl groups excluding tert-OH is 2. The summed E-state index contributed by atoms with van der Waals surface area (Å²) in [5.41, 5.74) is -1.81. The molecule has 90 valence electrons. The Hall–Kier alpha value is -2.11. The Balaban J connectivity index is 3.26. The van der Waals surface area contributed by atoms with E-state index in [1.807, 2.05) is 0 Å². The van der Waals surface area contributed by atoms with Crippen LogP contribution in [0.3, 0.4) is 0 Å². The fourth-order valence-electron chi connectivity index (χ4n) is 1.16. The van der Waals surface area contributed by atoms with Gasteiger partial charge in [-0.25, -0.2) is 4.39 Å². The number of rotatable bonds is 3. The molecule has 8 heteroatoms. The second-order valence-electron chi connectivity index (χ2n) is 3.10. The summed E-state index contributed by atoms with van der Waals surface area (Å²) in [6, 6.07) is 1.88. The quantitative estimate of drug-likeness (QED) is 0.464. The van der Waals surface area contributed by atoms with E-state index in [-0.39, 0.29) is 6.07 Å². The molecule has 6 nitrogen and oxygen atoms in total. The normalized spacial score (nSPS) is 13.8. The first-order valence-electron chi connectivity index (χ1n) is 4.27. The zero-order chi connectivity index (χ0) is 13.2. The van der Waals surface area contributed by atoms with Crippen molar-refractivity contribution in [1.29, 1.82) is 5.26 Å². The van der Waals surface area contributed by atoms with Gasteiger partial charge in [0.25, 0.3) is 0 Å². The zero-order valence-electron chi connectivity index (χ0n) is 8.17. The van der Waals surface area contributed by atoms with Crippen LogP contribution in [0.5, 0.6) is 0 Å². The number of nitriles is 1. The molecule has 2 unspecified atom stereocenters. The van der Waals surface area contributed by atoms with Gasteiger partial charge in [-0.2, -0.15) is 9.65 Å². The molecule has 2 N–H and O–H groups in total. The van der Waals surface area contributed by atoms with Crippen molar-refractivity contribution in [3.8, 4) is 6.07 Å². The van der Waals surface area contributed by atoms with Crippen LogP contribution in [0.2, 0.25) is 0 Å². The lowest BCUT2D eigenvalue weighted by Gasteiger charge is -2.12. The number of nitrogens with zero attached hydrogens (tertiary/aromatic N) is 2. The third kappa shape index (κ3) is 2.52. The summed E-state index contributed by atoms with van der Waals surface area (Å²) in [7, 11) is 0. The number of nitro benzene ring substituents is 1. The molecule has 1 rings (SSSR count). The average molecular weight is 244 g/mol. The van der Waals surface area contributed by atoms with Crippen molar-refractivity contribution in [3.05, 3.63) is 39.4 Å². The van der Waals surface area contributed by atoms with Crippen LogP contribution in [0.1, 0.15) is 11.7 Å². The molecule has 1 aromatic carbocycles. The number of benzene rings is 1. The predicted molar refractivity (Wildman–Crippen MR) is 49.6 cm³/mol. The number of hydrogen-bond acceptors (Lipinski definition) is 5. The fourth-order valence-corrected chi connectivity index (χ4v) is 1.16. The fraction of sp³-hybridized carbons (Fsp3) is 0.222. The Bertz CT molecular complexity index is 501. The summed E-state index contributed by atoms with van der Waals surface area (Å²) >= 11 is 0. The van der Waals surface area contributed by atoms with Crippen molar-refractivity contribution in [1.82, 2.24) is 0 Å². The van der Waals surface area contributed by atoms with E-state index >= 15 is 0 Å². The molecule has 0 aliphatic heterocycles. The van der Waals surface area contributed by atoms with Gasteiger partial charge in [0.1, 0.15) is 11.9 Å². The molecule has 0 spiro atoms. The molecule has 0 fully saturated rings. The lowest BCUT2D eigenvalue weighted by atomic mass is 10.0. The SMILES string of the molecule is N#CC(O)C(O)c1cc(F)c([N+](=O)[O-])cc1F. The monoisotopic (exact) mass is 244 g/mol. The highest BCUT2D eigenvalue weighted by atomic mass is 19.1. The van der Waals surface area contributed by atoms with Gasteiger partial charge in [0, 0.05) is 5.56 Å². The minimum absolute atomic E-state index is 0.276. The first-order valence-corrected chi connectivity index (χ1v) is 4.27. The Kier molecular flexibility index (Phi) is 3.67. The lowest BCUT2D eigenvalue weighted by Crippen LogP contribution is -2.17. The van der Waals surface area contributed by atoms with Crippen LogP contribution in [-0.4, -0.2) is 21.2 Å². The van der Waals surface area contributed by atoms with Crippen LogP contribution in [0.15, 0.2) is 12.1 Å². The van der Waals surface area contributed by atoms with Crippen molar-refractivity contribution in [2.24, 2.45) is 0 Å². The average Bonchev–Trinajstić information content (AvgIpc) is 2.29. The van der Waals surface area contributed by atoms with E-state index in [0.29, 0.717) is 6.07 Å². The minimum Gasteiger partial charge on any atom is -0.384 e. The summed E-state index contributed by atoms with van der Waals surface area (Å²) in [6.45, 7) is 0. The summed E-state index contributed by atoms with van der Waals surface area (Å²) in [5, 5.41) is 36.8. The maximum absolute atomic E-state index is 13.3. The summed E-state index contributed by atoms with van der Waals surface area (Å²) in [5.74, 6) is -2.64. The third-order valence-electron chi connectivity index (χ3n) is 2.01. The van der Waals surface area contributed by atoms with Gasteiger partial charge in [-0.05, 0) is 6.07 Å². The van der Waals surface area contributed by atoms with Crippen LogP contribution < -0.4 is 0 Å². The molecule has 1 aromatic rings. The van der Waals surface area contributed by atoms with Gasteiger partial charge in [0.05, 0.1) is 17.1 Å². The molecule has 0 saturated heterocycles. The molecule has 0 heterocycles. The third-order valence-corrected chi connectivity index (χ3v) is 2.01. The molecule has 0 amide bonds. The minimum atomic E-state index is -1.98. The van der Waals surface area contributed by atoms with E-state index in [9.17, 15) is 24.0 Å². The molecule has 2 atom stereocenters. The van der Waals surface area contributed by atoms with Gasteiger partial charge in [0.15, 0.2) is 6.10 Å². The number of hydrogen-bond donors (Lipinski definition) is 2. The summed E-state index contributed by atoms with van der Waals surface area (Å²) in [4.78, 5) is 9.15. The summed E-state index contributed by atoms with van der Waals surface area (Å²) in [6.07, 6.45) is -3.93. The maximum Gasteiger partial charge on any atom is 0.307 e. The van der Waals surface area contributed by atoms with E-state index in [2.05, 4.69) is 0 Å².